The number of nitrogens with zero attached hydrogens (tertiary/aromatic N) is 1. The molecule has 4 nitrogen and oxygen atoms in total. The Labute approximate surface area is 129 Å². The van der Waals surface area contributed by atoms with Gasteiger partial charge in [0.15, 0.2) is 6.29 Å². The zero-order valence-corrected chi connectivity index (χ0v) is 12.1. The van der Waals surface area contributed by atoms with Crippen LogP contribution < -0.4 is 0 Å². The standard InChI is InChI=1S/C18H17NO3/c19-10-14-6-8-15(9-7-14)11-20-17-12-21-18(22-13-17)16-4-2-1-3-5-16/h1-9,17-18H,11-13H2. The number of ether oxygens (including phenoxy) is 3. The lowest BCUT2D eigenvalue weighted by Crippen LogP contribution is -2.33. The van der Waals surface area contributed by atoms with E-state index in [2.05, 4.69) is 6.07 Å². The van der Waals surface area contributed by atoms with Crippen LogP contribution >= 0.6 is 0 Å². The van der Waals surface area contributed by atoms with Crippen molar-refractivity contribution in [3.63, 3.8) is 0 Å². The predicted octanol–water partition coefficient (Wildman–Crippen LogP) is 3.19. The van der Waals surface area contributed by atoms with E-state index in [1.54, 1.807) is 12.1 Å². The number of benzene rings is 2. The van der Waals surface area contributed by atoms with Crippen molar-refractivity contribution < 1.29 is 14.2 Å². The minimum absolute atomic E-state index is 0.0735. The Morgan fingerprint density at radius 1 is 1.00 bits per heavy atom. The second-order valence-electron chi connectivity index (χ2n) is 5.15. The SMILES string of the molecule is N#Cc1ccc(COC2COC(c3ccccc3)OC2)cc1. The molecule has 0 atom stereocenters. The van der Waals surface area contributed by atoms with Crippen LogP contribution in [0.4, 0.5) is 0 Å². The van der Waals surface area contributed by atoms with Crippen molar-refractivity contribution >= 4 is 0 Å². The van der Waals surface area contributed by atoms with Gasteiger partial charge in [0.25, 0.3) is 0 Å². The van der Waals surface area contributed by atoms with Crippen molar-refractivity contribution in [2.24, 2.45) is 0 Å². The van der Waals surface area contributed by atoms with E-state index in [1.807, 2.05) is 42.5 Å². The first-order chi connectivity index (χ1) is 10.8. The van der Waals surface area contributed by atoms with Gasteiger partial charge in [-0.15, -0.1) is 0 Å². The lowest BCUT2D eigenvalue weighted by atomic mass is 10.1. The Morgan fingerprint density at radius 2 is 1.68 bits per heavy atom. The first kappa shape index (κ1) is 14.7. The van der Waals surface area contributed by atoms with Crippen molar-refractivity contribution in [2.75, 3.05) is 13.2 Å². The van der Waals surface area contributed by atoms with Gasteiger partial charge in [-0.3, -0.25) is 0 Å². The topological polar surface area (TPSA) is 51.5 Å². The van der Waals surface area contributed by atoms with Gasteiger partial charge in [-0.25, -0.2) is 0 Å². The van der Waals surface area contributed by atoms with Crippen LogP contribution in [0.1, 0.15) is 23.0 Å². The molecule has 1 saturated heterocycles. The molecule has 112 valence electrons. The van der Waals surface area contributed by atoms with Crippen LogP contribution in [-0.2, 0) is 20.8 Å². The fourth-order valence-corrected chi connectivity index (χ4v) is 2.27. The maximum Gasteiger partial charge on any atom is 0.184 e. The van der Waals surface area contributed by atoms with Gasteiger partial charge in [-0.2, -0.15) is 5.26 Å². The fraction of sp³-hybridized carbons (Fsp3) is 0.278. The molecule has 0 aromatic heterocycles. The average molecular weight is 295 g/mol. The summed E-state index contributed by atoms with van der Waals surface area (Å²) in [7, 11) is 0. The Hall–Kier alpha value is -2.19. The number of hydrogen-bond acceptors (Lipinski definition) is 4. The molecule has 0 aliphatic carbocycles. The smallest absolute Gasteiger partial charge is 0.184 e. The fourth-order valence-electron chi connectivity index (χ4n) is 2.27. The van der Waals surface area contributed by atoms with Crippen LogP contribution in [-0.4, -0.2) is 19.3 Å². The summed E-state index contributed by atoms with van der Waals surface area (Å²) in [5.74, 6) is 0. The summed E-state index contributed by atoms with van der Waals surface area (Å²) in [6, 6.07) is 19.4. The summed E-state index contributed by atoms with van der Waals surface area (Å²) in [6.45, 7) is 1.50. The molecular weight excluding hydrogens is 278 g/mol. The molecule has 22 heavy (non-hydrogen) atoms. The number of rotatable bonds is 4. The van der Waals surface area contributed by atoms with Gasteiger partial charge in [-0.1, -0.05) is 42.5 Å². The highest BCUT2D eigenvalue weighted by Crippen LogP contribution is 2.23. The molecule has 2 aromatic rings. The lowest BCUT2D eigenvalue weighted by molar-refractivity contribution is -0.232. The zero-order valence-electron chi connectivity index (χ0n) is 12.1. The maximum atomic E-state index is 8.77. The van der Waals surface area contributed by atoms with Crippen LogP contribution in [0, 0.1) is 11.3 Å². The van der Waals surface area contributed by atoms with Crippen molar-refractivity contribution in [3.8, 4) is 6.07 Å². The molecular formula is C18H17NO3. The van der Waals surface area contributed by atoms with Crippen LogP contribution in [0.2, 0.25) is 0 Å². The molecule has 0 spiro atoms. The van der Waals surface area contributed by atoms with Gasteiger partial charge in [0.2, 0.25) is 0 Å². The van der Waals surface area contributed by atoms with Gasteiger partial charge in [0.1, 0.15) is 6.10 Å². The van der Waals surface area contributed by atoms with Gasteiger partial charge >= 0.3 is 0 Å². The van der Waals surface area contributed by atoms with Crippen molar-refractivity contribution in [1.29, 1.82) is 5.26 Å². The molecule has 0 N–H and O–H groups in total. The molecule has 1 fully saturated rings. The normalized spacial score (nSPS) is 21.2. The summed E-state index contributed by atoms with van der Waals surface area (Å²) in [6.07, 6.45) is -0.383. The Bertz CT molecular complexity index is 626. The molecule has 1 aliphatic heterocycles. The van der Waals surface area contributed by atoms with E-state index in [1.165, 1.54) is 0 Å². The third-order valence-corrected chi connectivity index (χ3v) is 3.51. The van der Waals surface area contributed by atoms with E-state index in [4.69, 9.17) is 19.5 Å². The third-order valence-electron chi connectivity index (χ3n) is 3.51. The van der Waals surface area contributed by atoms with E-state index in [9.17, 15) is 0 Å². The monoisotopic (exact) mass is 295 g/mol. The zero-order chi connectivity index (χ0) is 15.2. The Kier molecular flexibility index (Phi) is 4.81. The third kappa shape index (κ3) is 3.71. The molecule has 3 rings (SSSR count). The van der Waals surface area contributed by atoms with E-state index in [0.29, 0.717) is 25.4 Å². The second kappa shape index (κ2) is 7.19. The minimum atomic E-state index is -0.309. The van der Waals surface area contributed by atoms with Gasteiger partial charge < -0.3 is 14.2 Å². The highest BCUT2D eigenvalue weighted by Gasteiger charge is 2.23. The lowest BCUT2D eigenvalue weighted by Gasteiger charge is -2.29. The molecule has 0 unspecified atom stereocenters. The molecule has 0 bridgehead atoms. The summed E-state index contributed by atoms with van der Waals surface area (Å²) in [5.41, 5.74) is 2.70. The van der Waals surface area contributed by atoms with Crippen LogP contribution in [0.3, 0.4) is 0 Å². The van der Waals surface area contributed by atoms with Crippen molar-refractivity contribution in [2.45, 2.75) is 19.0 Å². The first-order valence-corrected chi connectivity index (χ1v) is 7.24. The van der Waals surface area contributed by atoms with E-state index >= 15 is 0 Å². The largest absolute Gasteiger partial charge is 0.369 e. The van der Waals surface area contributed by atoms with E-state index in [-0.39, 0.29) is 12.4 Å². The summed E-state index contributed by atoms with van der Waals surface area (Å²) in [5, 5.41) is 8.77. The molecule has 4 heteroatoms. The van der Waals surface area contributed by atoms with Crippen LogP contribution in [0.25, 0.3) is 0 Å². The highest BCUT2D eigenvalue weighted by atomic mass is 16.7. The summed E-state index contributed by atoms with van der Waals surface area (Å²) < 4.78 is 17.2. The van der Waals surface area contributed by atoms with Crippen LogP contribution in [0.5, 0.6) is 0 Å². The Morgan fingerprint density at radius 3 is 2.32 bits per heavy atom. The van der Waals surface area contributed by atoms with Gasteiger partial charge in [0.05, 0.1) is 31.5 Å². The first-order valence-electron chi connectivity index (χ1n) is 7.24. The molecule has 0 saturated carbocycles. The van der Waals surface area contributed by atoms with Crippen molar-refractivity contribution in [3.05, 3.63) is 71.3 Å². The minimum Gasteiger partial charge on any atom is -0.369 e. The predicted molar refractivity (Wildman–Crippen MR) is 80.8 cm³/mol. The molecule has 0 amide bonds. The second-order valence-corrected chi connectivity index (χ2v) is 5.15. The quantitative estimate of drug-likeness (QED) is 0.869. The van der Waals surface area contributed by atoms with E-state index < -0.39 is 0 Å². The molecule has 1 heterocycles. The van der Waals surface area contributed by atoms with E-state index in [0.717, 1.165) is 11.1 Å². The number of nitriles is 1. The summed E-state index contributed by atoms with van der Waals surface area (Å²) >= 11 is 0. The summed E-state index contributed by atoms with van der Waals surface area (Å²) in [4.78, 5) is 0. The number of hydrogen-bond donors (Lipinski definition) is 0. The molecule has 2 aromatic carbocycles. The average Bonchev–Trinajstić information content (AvgIpc) is 2.61. The van der Waals surface area contributed by atoms with Crippen LogP contribution in [0.15, 0.2) is 54.6 Å². The maximum absolute atomic E-state index is 8.77. The molecule has 0 radical (unpaired) electrons. The Balaban J connectivity index is 1.47. The van der Waals surface area contributed by atoms with Crippen molar-refractivity contribution in [1.82, 2.24) is 0 Å². The van der Waals surface area contributed by atoms with Gasteiger partial charge in [-0.05, 0) is 17.7 Å². The highest BCUT2D eigenvalue weighted by molar-refractivity contribution is 5.31. The van der Waals surface area contributed by atoms with Gasteiger partial charge in [0, 0.05) is 5.56 Å². The molecule has 1 aliphatic rings.